The van der Waals surface area contributed by atoms with Gasteiger partial charge in [-0.1, -0.05) is 61.7 Å². The van der Waals surface area contributed by atoms with Crippen molar-refractivity contribution in [1.29, 1.82) is 0 Å². The number of methoxy groups -OCH3 is 1. The fourth-order valence-corrected chi connectivity index (χ4v) is 6.18. The average molecular weight is 505 g/mol. The van der Waals surface area contributed by atoms with Gasteiger partial charge in [0.25, 0.3) is 5.56 Å². The van der Waals surface area contributed by atoms with Crippen LogP contribution in [0.1, 0.15) is 54.4 Å². The van der Waals surface area contributed by atoms with Gasteiger partial charge in [0.2, 0.25) is 5.95 Å². The van der Waals surface area contributed by atoms with Gasteiger partial charge in [0.1, 0.15) is 5.75 Å². The molecule has 1 aromatic heterocycles. The second-order valence-electron chi connectivity index (χ2n) is 10.4. The van der Waals surface area contributed by atoms with Crippen LogP contribution >= 0.6 is 0 Å². The van der Waals surface area contributed by atoms with E-state index in [9.17, 15) is 4.79 Å². The van der Waals surface area contributed by atoms with Crippen LogP contribution < -0.4 is 15.7 Å². The van der Waals surface area contributed by atoms with Crippen molar-refractivity contribution in [3.63, 3.8) is 0 Å². The van der Waals surface area contributed by atoms with Crippen molar-refractivity contribution in [1.82, 2.24) is 9.55 Å². The van der Waals surface area contributed by atoms with Crippen molar-refractivity contribution in [3.05, 3.63) is 105 Å². The van der Waals surface area contributed by atoms with Crippen LogP contribution in [0.25, 0.3) is 16.9 Å². The van der Waals surface area contributed by atoms with E-state index < -0.39 is 0 Å². The minimum Gasteiger partial charge on any atom is -0.497 e. The van der Waals surface area contributed by atoms with Crippen molar-refractivity contribution >= 4 is 12.2 Å². The number of aryl methyl sites for hydroxylation is 1. The van der Waals surface area contributed by atoms with Crippen LogP contribution in [0.15, 0.2) is 82.7 Å². The summed E-state index contributed by atoms with van der Waals surface area (Å²) < 4.78 is 6.98. The molecule has 6 rings (SSSR count). The van der Waals surface area contributed by atoms with Gasteiger partial charge in [-0.05, 0) is 73.2 Å². The molecule has 6 nitrogen and oxygen atoms in total. The molecule has 1 saturated carbocycles. The molecule has 1 fully saturated rings. The Morgan fingerprint density at radius 2 is 1.71 bits per heavy atom. The molecule has 2 aliphatic carbocycles. The Morgan fingerprint density at radius 3 is 2.47 bits per heavy atom. The Labute approximate surface area is 223 Å². The summed E-state index contributed by atoms with van der Waals surface area (Å²) in [5, 5.41) is 4.50. The minimum atomic E-state index is -0.179. The van der Waals surface area contributed by atoms with Crippen molar-refractivity contribution in [2.75, 3.05) is 12.5 Å². The lowest BCUT2D eigenvalue weighted by Gasteiger charge is -2.42. The molecule has 38 heavy (non-hydrogen) atoms. The molecular weight excluding hydrogens is 472 g/mol. The van der Waals surface area contributed by atoms with E-state index in [1.165, 1.54) is 12.0 Å². The molecule has 6 heteroatoms. The monoisotopic (exact) mass is 504 g/mol. The molecule has 0 radical (unpaired) electrons. The number of nitrogens with one attached hydrogen (secondary N) is 1. The third kappa shape index (κ3) is 4.20. The van der Waals surface area contributed by atoms with Crippen molar-refractivity contribution < 1.29 is 4.74 Å². The SMILES string of the molecule is COc1ccc(/C=N\Nc2nc3c(c(=O)n2-c2ccccc2C)C2(CCCCC2)Cc2ccccc2-3)cc1. The Bertz CT molecular complexity index is 1560. The maximum Gasteiger partial charge on any atom is 0.263 e. The van der Waals surface area contributed by atoms with Crippen LogP contribution in [0, 0.1) is 6.92 Å². The number of hydrazone groups is 1. The highest BCUT2D eigenvalue weighted by atomic mass is 16.5. The minimum absolute atomic E-state index is 0.00264. The van der Waals surface area contributed by atoms with Crippen molar-refractivity contribution in [3.8, 4) is 22.7 Å². The van der Waals surface area contributed by atoms with E-state index in [4.69, 9.17) is 9.72 Å². The maximum atomic E-state index is 14.6. The first-order chi connectivity index (χ1) is 18.6. The summed E-state index contributed by atoms with van der Waals surface area (Å²) in [5.74, 6) is 1.20. The topological polar surface area (TPSA) is 68.5 Å². The summed E-state index contributed by atoms with van der Waals surface area (Å²) in [4.78, 5) is 19.8. The van der Waals surface area contributed by atoms with Gasteiger partial charge in [-0.2, -0.15) is 5.10 Å². The van der Waals surface area contributed by atoms with E-state index in [1.807, 2.05) is 61.5 Å². The van der Waals surface area contributed by atoms with Gasteiger partial charge in [-0.25, -0.2) is 15.0 Å². The van der Waals surface area contributed by atoms with E-state index in [1.54, 1.807) is 17.9 Å². The molecule has 4 aromatic rings. The molecule has 1 N–H and O–H groups in total. The van der Waals surface area contributed by atoms with Gasteiger partial charge in [0.15, 0.2) is 0 Å². The molecule has 0 aliphatic heterocycles. The van der Waals surface area contributed by atoms with E-state index in [0.717, 1.165) is 71.5 Å². The number of hydrogen-bond acceptors (Lipinski definition) is 5. The lowest BCUT2D eigenvalue weighted by molar-refractivity contribution is 0.284. The first-order valence-corrected chi connectivity index (χ1v) is 13.3. The molecular formula is C32H32N4O2. The standard InChI is InChI=1S/C32H32N4O2/c1-22-10-4-7-13-27(22)36-30(37)28-29(34-31(36)35-33-21-23-14-16-25(38-2)17-15-23)26-12-6-5-11-24(26)20-32(28)18-8-3-9-19-32/h4-7,10-17,21H,3,8-9,18-20H2,1-2H3,(H,34,35)/b33-21-. The molecule has 0 unspecified atom stereocenters. The van der Waals surface area contributed by atoms with Crippen LogP contribution in [0.3, 0.4) is 0 Å². The molecule has 192 valence electrons. The quantitative estimate of drug-likeness (QED) is 0.252. The summed E-state index contributed by atoms with van der Waals surface area (Å²) >= 11 is 0. The number of benzene rings is 3. The number of rotatable bonds is 5. The van der Waals surface area contributed by atoms with Crippen LogP contribution in [-0.2, 0) is 11.8 Å². The van der Waals surface area contributed by atoms with Crippen LogP contribution in [0.4, 0.5) is 5.95 Å². The molecule has 1 spiro atoms. The molecule has 2 aliphatic rings. The van der Waals surface area contributed by atoms with E-state index in [-0.39, 0.29) is 11.0 Å². The largest absolute Gasteiger partial charge is 0.497 e. The zero-order valence-corrected chi connectivity index (χ0v) is 21.9. The van der Waals surface area contributed by atoms with Crippen LogP contribution in [-0.4, -0.2) is 22.9 Å². The summed E-state index contributed by atoms with van der Waals surface area (Å²) in [6, 6.07) is 24.0. The zero-order valence-electron chi connectivity index (χ0n) is 21.9. The zero-order chi connectivity index (χ0) is 26.1. The van der Waals surface area contributed by atoms with Gasteiger partial charge in [0, 0.05) is 11.0 Å². The predicted molar refractivity (Wildman–Crippen MR) is 153 cm³/mol. The Hall–Kier alpha value is -4.19. The molecule has 0 amide bonds. The van der Waals surface area contributed by atoms with E-state index in [0.29, 0.717) is 5.95 Å². The number of anilines is 1. The first-order valence-electron chi connectivity index (χ1n) is 13.3. The van der Waals surface area contributed by atoms with Gasteiger partial charge >= 0.3 is 0 Å². The molecule has 0 bridgehead atoms. The first kappa shape index (κ1) is 24.2. The van der Waals surface area contributed by atoms with Gasteiger partial charge < -0.3 is 4.74 Å². The lowest BCUT2D eigenvalue weighted by Crippen LogP contribution is -2.43. The molecule has 3 aromatic carbocycles. The Morgan fingerprint density at radius 1 is 0.974 bits per heavy atom. The van der Waals surface area contributed by atoms with Gasteiger partial charge in [0.05, 0.1) is 30.3 Å². The molecule has 0 saturated heterocycles. The number of hydrogen-bond donors (Lipinski definition) is 1. The fraction of sp³-hybridized carbons (Fsp3) is 0.281. The summed E-state index contributed by atoms with van der Waals surface area (Å²) in [6.07, 6.45) is 8.14. The third-order valence-corrected chi connectivity index (χ3v) is 8.08. The average Bonchev–Trinajstić information content (AvgIpc) is 2.94. The van der Waals surface area contributed by atoms with Crippen molar-refractivity contribution in [2.45, 2.75) is 50.9 Å². The smallest absolute Gasteiger partial charge is 0.263 e. The predicted octanol–water partition coefficient (Wildman–Crippen LogP) is 6.42. The molecule has 1 heterocycles. The summed E-state index contributed by atoms with van der Waals surface area (Å²) in [5.41, 5.74) is 9.66. The fourth-order valence-electron chi connectivity index (χ4n) is 6.18. The van der Waals surface area contributed by atoms with Crippen LogP contribution in [0.2, 0.25) is 0 Å². The number of ether oxygens (including phenoxy) is 1. The highest BCUT2D eigenvalue weighted by molar-refractivity contribution is 5.80. The number of para-hydroxylation sites is 1. The van der Waals surface area contributed by atoms with E-state index in [2.05, 4.69) is 28.7 Å². The van der Waals surface area contributed by atoms with Crippen molar-refractivity contribution in [2.24, 2.45) is 5.10 Å². The highest BCUT2D eigenvalue weighted by Crippen LogP contribution is 2.48. The number of aromatic nitrogens is 2. The maximum absolute atomic E-state index is 14.6. The Balaban J connectivity index is 1.54. The molecule has 0 atom stereocenters. The van der Waals surface area contributed by atoms with E-state index >= 15 is 0 Å². The summed E-state index contributed by atoms with van der Waals surface area (Å²) in [6.45, 7) is 2.03. The van der Waals surface area contributed by atoms with Gasteiger partial charge in [-0.15, -0.1) is 0 Å². The number of nitrogens with zero attached hydrogens (tertiary/aromatic N) is 3. The highest BCUT2D eigenvalue weighted by Gasteiger charge is 2.43. The van der Waals surface area contributed by atoms with Crippen LogP contribution in [0.5, 0.6) is 5.75 Å². The second-order valence-corrected chi connectivity index (χ2v) is 10.4. The third-order valence-electron chi connectivity index (χ3n) is 8.08. The number of fused-ring (bicyclic) bond motifs is 4. The van der Waals surface area contributed by atoms with Gasteiger partial charge in [-0.3, -0.25) is 4.79 Å². The lowest BCUT2D eigenvalue weighted by atomic mass is 9.62. The Kier molecular flexibility index (Phi) is 6.32. The summed E-state index contributed by atoms with van der Waals surface area (Å²) in [7, 11) is 1.65. The second kappa shape index (κ2) is 9.93. The normalized spacial score (nSPS) is 15.7.